The van der Waals surface area contributed by atoms with Crippen molar-refractivity contribution in [2.24, 2.45) is 0 Å². The lowest BCUT2D eigenvalue weighted by Gasteiger charge is -2.34. The molecule has 132 valence electrons. The highest BCUT2D eigenvalue weighted by Gasteiger charge is 2.27. The Hall–Kier alpha value is -1.85. The largest absolute Gasteiger partial charge is 0.490 e. The molecule has 3 unspecified atom stereocenters. The minimum absolute atomic E-state index is 0.188. The Balaban J connectivity index is 1.82. The Kier molecular flexibility index (Phi) is 6.82. The summed E-state index contributed by atoms with van der Waals surface area (Å²) in [5.41, 5.74) is 1.35. The molecule has 1 fully saturated rings. The SMILES string of the molecule is C=C(C)C(=O)OCCOc1ccc(C2OC(C)CC(CC)O2)cc1. The zero-order valence-electron chi connectivity index (χ0n) is 14.6. The molecule has 1 aromatic rings. The van der Waals surface area contributed by atoms with E-state index >= 15 is 0 Å². The first kappa shape index (κ1) is 18.5. The standard InChI is InChI=1S/C19H26O5/c1-5-16-12-14(4)23-19(24-16)15-6-8-17(9-7-15)21-10-11-22-18(20)13(2)3/h6-9,14,16,19H,2,5,10-12H2,1,3-4H3. The van der Waals surface area contributed by atoms with E-state index in [-0.39, 0.29) is 25.1 Å². The minimum atomic E-state index is -0.403. The van der Waals surface area contributed by atoms with Crippen molar-refractivity contribution in [1.29, 1.82) is 0 Å². The molecular weight excluding hydrogens is 308 g/mol. The summed E-state index contributed by atoms with van der Waals surface area (Å²) in [6, 6.07) is 7.60. The van der Waals surface area contributed by atoms with Gasteiger partial charge in [-0.1, -0.05) is 25.6 Å². The van der Waals surface area contributed by atoms with Crippen LogP contribution in [0.2, 0.25) is 0 Å². The van der Waals surface area contributed by atoms with Gasteiger partial charge in [0.15, 0.2) is 6.29 Å². The van der Waals surface area contributed by atoms with Crippen molar-refractivity contribution in [1.82, 2.24) is 0 Å². The van der Waals surface area contributed by atoms with E-state index in [0.29, 0.717) is 17.9 Å². The lowest BCUT2D eigenvalue weighted by Crippen LogP contribution is -2.31. The monoisotopic (exact) mass is 334 g/mol. The van der Waals surface area contributed by atoms with Crippen LogP contribution in [0.4, 0.5) is 0 Å². The second kappa shape index (κ2) is 8.85. The summed E-state index contributed by atoms with van der Waals surface area (Å²) in [5.74, 6) is 0.307. The topological polar surface area (TPSA) is 54.0 Å². The molecule has 0 aromatic heterocycles. The smallest absolute Gasteiger partial charge is 0.333 e. The van der Waals surface area contributed by atoms with Crippen LogP contribution < -0.4 is 4.74 Å². The van der Waals surface area contributed by atoms with Crippen LogP contribution in [0.15, 0.2) is 36.4 Å². The molecule has 0 saturated carbocycles. The van der Waals surface area contributed by atoms with Crippen molar-refractivity contribution in [2.75, 3.05) is 13.2 Å². The van der Waals surface area contributed by atoms with E-state index in [1.54, 1.807) is 6.92 Å². The van der Waals surface area contributed by atoms with Crippen molar-refractivity contribution in [3.63, 3.8) is 0 Å². The quantitative estimate of drug-likeness (QED) is 0.431. The molecule has 0 spiro atoms. The van der Waals surface area contributed by atoms with Gasteiger partial charge in [0.2, 0.25) is 0 Å². The van der Waals surface area contributed by atoms with Gasteiger partial charge in [-0.3, -0.25) is 0 Å². The summed E-state index contributed by atoms with van der Waals surface area (Å²) in [6.07, 6.45) is 2.00. The first-order valence-electron chi connectivity index (χ1n) is 8.36. The average molecular weight is 334 g/mol. The van der Waals surface area contributed by atoms with Crippen LogP contribution in [0.1, 0.15) is 45.5 Å². The first-order chi connectivity index (χ1) is 11.5. The Bertz CT molecular complexity index is 551. The molecule has 24 heavy (non-hydrogen) atoms. The lowest BCUT2D eigenvalue weighted by atomic mass is 10.1. The van der Waals surface area contributed by atoms with Crippen LogP contribution in [0, 0.1) is 0 Å². The lowest BCUT2D eigenvalue weighted by molar-refractivity contribution is -0.243. The van der Waals surface area contributed by atoms with Crippen molar-refractivity contribution < 1.29 is 23.7 Å². The van der Waals surface area contributed by atoms with Crippen molar-refractivity contribution in [3.8, 4) is 5.75 Å². The summed E-state index contributed by atoms with van der Waals surface area (Å²) in [5, 5.41) is 0. The Morgan fingerprint density at radius 1 is 1.25 bits per heavy atom. The Morgan fingerprint density at radius 2 is 1.96 bits per heavy atom. The second-order valence-electron chi connectivity index (χ2n) is 6.01. The Morgan fingerprint density at radius 3 is 2.58 bits per heavy atom. The van der Waals surface area contributed by atoms with Gasteiger partial charge in [-0.05, 0) is 38.8 Å². The van der Waals surface area contributed by atoms with Gasteiger partial charge in [-0.2, -0.15) is 0 Å². The van der Waals surface area contributed by atoms with E-state index in [1.807, 2.05) is 24.3 Å². The number of benzene rings is 1. The highest BCUT2D eigenvalue weighted by Crippen LogP contribution is 2.31. The Labute approximate surface area is 143 Å². The number of esters is 1. The highest BCUT2D eigenvalue weighted by atomic mass is 16.7. The maximum atomic E-state index is 11.2. The molecule has 0 radical (unpaired) electrons. The van der Waals surface area contributed by atoms with Crippen LogP contribution in [-0.4, -0.2) is 31.4 Å². The molecule has 1 aromatic carbocycles. The second-order valence-corrected chi connectivity index (χ2v) is 6.01. The third-order valence-electron chi connectivity index (χ3n) is 3.81. The summed E-state index contributed by atoms with van der Waals surface area (Å²) < 4.78 is 22.3. The first-order valence-corrected chi connectivity index (χ1v) is 8.36. The van der Waals surface area contributed by atoms with E-state index in [4.69, 9.17) is 18.9 Å². The van der Waals surface area contributed by atoms with Gasteiger partial charge in [0.25, 0.3) is 0 Å². The van der Waals surface area contributed by atoms with Crippen LogP contribution in [-0.2, 0) is 19.0 Å². The average Bonchev–Trinajstić information content (AvgIpc) is 2.58. The maximum absolute atomic E-state index is 11.2. The fraction of sp³-hybridized carbons (Fsp3) is 0.526. The van der Waals surface area contributed by atoms with E-state index in [0.717, 1.165) is 18.4 Å². The predicted molar refractivity (Wildman–Crippen MR) is 90.8 cm³/mol. The molecule has 2 rings (SSSR count). The van der Waals surface area contributed by atoms with E-state index in [9.17, 15) is 4.79 Å². The van der Waals surface area contributed by atoms with E-state index < -0.39 is 5.97 Å². The number of ether oxygens (including phenoxy) is 4. The third-order valence-corrected chi connectivity index (χ3v) is 3.81. The molecule has 1 aliphatic heterocycles. The third kappa shape index (κ3) is 5.35. The van der Waals surface area contributed by atoms with Gasteiger partial charge >= 0.3 is 5.97 Å². The number of hydrogen-bond acceptors (Lipinski definition) is 5. The zero-order chi connectivity index (χ0) is 17.5. The maximum Gasteiger partial charge on any atom is 0.333 e. The number of rotatable bonds is 7. The predicted octanol–water partition coefficient (Wildman–Crippen LogP) is 3.79. The number of hydrogen-bond donors (Lipinski definition) is 0. The van der Waals surface area contributed by atoms with Gasteiger partial charge < -0.3 is 18.9 Å². The van der Waals surface area contributed by atoms with Gasteiger partial charge in [0.05, 0.1) is 12.2 Å². The zero-order valence-corrected chi connectivity index (χ0v) is 14.6. The van der Waals surface area contributed by atoms with Gasteiger partial charge in [0.1, 0.15) is 19.0 Å². The minimum Gasteiger partial charge on any atom is -0.490 e. The van der Waals surface area contributed by atoms with Crippen LogP contribution >= 0.6 is 0 Å². The van der Waals surface area contributed by atoms with Gasteiger partial charge in [-0.25, -0.2) is 4.79 Å². The van der Waals surface area contributed by atoms with Crippen molar-refractivity contribution in [3.05, 3.63) is 42.0 Å². The molecular formula is C19H26O5. The fourth-order valence-corrected chi connectivity index (χ4v) is 2.46. The van der Waals surface area contributed by atoms with Gasteiger partial charge in [0, 0.05) is 11.1 Å². The van der Waals surface area contributed by atoms with Crippen LogP contribution in [0.25, 0.3) is 0 Å². The molecule has 1 aliphatic rings. The molecule has 0 N–H and O–H groups in total. The molecule has 5 heteroatoms. The fourth-order valence-electron chi connectivity index (χ4n) is 2.46. The summed E-state index contributed by atoms with van der Waals surface area (Å²) >= 11 is 0. The molecule has 5 nitrogen and oxygen atoms in total. The molecule has 0 bridgehead atoms. The van der Waals surface area contributed by atoms with Gasteiger partial charge in [-0.15, -0.1) is 0 Å². The highest BCUT2D eigenvalue weighted by molar-refractivity contribution is 5.86. The van der Waals surface area contributed by atoms with Crippen molar-refractivity contribution in [2.45, 2.75) is 52.1 Å². The number of carbonyl (C=O) groups excluding carboxylic acids is 1. The summed E-state index contributed by atoms with van der Waals surface area (Å²) in [4.78, 5) is 11.2. The number of carbonyl (C=O) groups is 1. The summed E-state index contributed by atoms with van der Waals surface area (Å²) in [6.45, 7) is 9.82. The molecule has 1 saturated heterocycles. The normalized spacial score (nSPS) is 23.5. The molecule has 1 heterocycles. The molecule has 3 atom stereocenters. The van der Waals surface area contributed by atoms with Crippen molar-refractivity contribution >= 4 is 5.97 Å². The molecule has 0 amide bonds. The van der Waals surface area contributed by atoms with E-state index in [1.165, 1.54) is 0 Å². The van der Waals surface area contributed by atoms with Crippen LogP contribution in [0.5, 0.6) is 5.75 Å². The summed E-state index contributed by atoms with van der Waals surface area (Å²) in [7, 11) is 0. The molecule has 0 aliphatic carbocycles. The van der Waals surface area contributed by atoms with E-state index in [2.05, 4.69) is 20.4 Å². The van der Waals surface area contributed by atoms with Crippen LogP contribution in [0.3, 0.4) is 0 Å².